The van der Waals surface area contributed by atoms with Gasteiger partial charge in [0.25, 0.3) is 0 Å². The first-order chi connectivity index (χ1) is 7.49. The van der Waals surface area contributed by atoms with E-state index in [0.717, 1.165) is 19.6 Å². The molecule has 0 spiro atoms. The molecule has 0 bridgehead atoms. The molecule has 0 aromatic carbocycles. The first-order valence-electron chi connectivity index (χ1n) is 5.42. The van der Waals surface area contributed by atoms with E-state index in [1.165, 1.54) is 12.5 Å². The molecule has 92 valence electrons. The minimum Gasteiger partial charge on any atom is -0.321 e. The molecule has 0 saturated heterocycles. The van der Waals surface area contributed by atoms with E-state index in [9.17, 15) is 8.42 Å². The third-order valence-electron chi connectivity index (χ3n) is 2.56. The van der Waals surface area contributed by atoms with E-state index in [4.69, 9.17) is 0 Å². The van der Waals surface area contributed by atoms with Crippen molar-refractivity contribution in [1.29, 1.82) is 0 Å². The first-order valence-corrected chi connectivity index (χ1v) is 7.31. The van der Waals surface area contributed by atoms with Crippen LogP contribution in [-0.2, 0) is 16.4 Å². The fraction of sp³-hybridized carbons (Fsp3) is 0.700. The second-order valence-electron chi connectivity index (χ2n) is 3.70. The van der Waals surface area contributed by atoms with E-state index < -0.39 is 9.84 Å². The third-order valence-corrected chi connectivity index (χ3v) is 3.56. The molecule has 0 aliphatic heterocycles. The van der Waals surface area contributed by atoms with Gasteiger partial charge in [-0.2, -0.15) is 0 Å². The van der Waals surface area contributed by atoms with Crippen molar-refractivity contribution in [3.8, 4) is 0 Å². The number of imidazole rings is 1. The van der Waals surface area contributed by atoms with Gasteiger partial charge in [-0.05, 0) is 13.1 Å². The highest BCUT2D eigenvalue weighted by molar-refractivity contribution is 7.90. The first kappa shape index (κ1) is 13.2. The molecule has 1 aromatic rings. The maximum atomic E-state index is 11.4. The van der Waals surface area contributed by atoms with Crippen molar-refractivity contribution in [1.82, 2.24) is 14.5 Å². The van der Waals surface area contributed by atoms with Gasteiger partial charge in [-0.15, -0.1) is 0 Å². The molecule has 0 aliphatic carbocycles. The Balaban J connectivity index is 2.72. The van der Waals surface area contributed by atoms with Crippen LogP contribution in [0.25, 0.3) is 0 Å². The maximum Gasteiger partial charge on any atom is 0.227 e. The van der Waals surface area contributed by atoms with Crippen LogP contribution in [0.15, 0.2) is 17.6 Å². The molecule has 0 atom stereocenters. The van der Waals surface area contributed by atoms with Crippen LogP contribution >= 0.6 is 0 Å². The second kappa shape index (κ2) is 5.45. The van der Waals surface area contributed by atoms with Crippen molar-refractivity contribution in [3.05, 3.63) is 12.4 Å². The largest absolute Gasteiger partial charge is 0.321 e. The van der Waals surface area contributed by atoms with Gasteiger partial charge in [0.2, 0.25) is 15.0 Å². The number of likely N-dealkylation sites (N-methyl/N-ethyl adjacent to an activating group) is 1. The van der Waals surface area contributed by atoms with Gasteiger partial charge in [0.05, 0.1) is 0 Å². The van der Waals surface area contributed by atoms with Crippen LogP contribution in [-0.4, -0.2) is 48.8 Å². The quantitative estimate of drug-likeness (QED) is 0.737. The Hall–Kier alpha value is -0.880. The molecule has 0 amide bonds. The van der Waals surface area contributed by atoms with Crippen LogP contribution in [0.5, 0.6) is 0 Å². The van der Waals surface area contributed by atoms with Crippen LogP contribution in [0.1, 0.15) is 13.8 Å². The number of sulfone groups is 1. The molecule has 0 saturated carbocycles. The van der Waals surface area contributed by atoms with Gasteiger partial charge in [0.1, 0.15) is 0 Å². The molecule has 16 heavy (non-hydrogen) atoms. The number of aromatic nitrogens is 2. The van der Waals surface area contributed by atoms with Crippen molar-refractivity contribution in [3.63, 3.8) is 0 Å². The highest BCUT2D eigenvalue weighted by Crippen LogP contribution is 2.05. The zero-order chi connectivity index (χ0) is 12.2. The fourth-order valence-corrected chi connectivity index (χ4v) is 2.41. The monoisotopic (exact) mass is 245 g/mol. The summed E-state index contributed by atoms with van der Waals surface area (Å²) in [5, 5.41) is 0.152. The molecule has 1 heterocycles. The van der Waals surface area contributed by atoms with Gasteiger partial charge in [-0.1, -0.05) is 13.8 Å². The standard InChI is InChI=1S/C10H19N3O2S/c1-4-12(5-2)8-9-13-7-6-11-10(13)16(3,14)15/h6-7H,4-5,8-9H2,1-3H3. The Morgan fingerprint density at radius 1 is 1.38 bits per heavy atom. The lowest BCUT2D eigenvalue weighted by molar-refractivity contribution is 0.286. The summed E-state index contributed by atoms with van der Waals surface area (Å²) in [6.07, 6.45) is 4.42. The van der Waals surface area contributed by atoms with Crippen molar-refractivity contribution >= 4 is 9.84 Å². The van der Waals surface area contributed by atoms with Crippen LogP contribution < -0.4 is 0 Å². The number of hydrogen-bond acceptors (Lipinski definition) is 4. The third kappa shape index (κ3) is 3.31. The lowest BCUT2D eigenvalue weighted by Crippen LogP contribution is -2.27. The Morgan fingerprint density at radius 3 is 2.50 bits per heavy atom. The molecular weight excluding hydrogens is 226 g/mol. The van der Waals surface area contributed by atoms with Gasteiger partial charge < -0.3 is 9.47 Å². The Morgan fingerprint density at radius 2 is 2.00 bits per heavy atom. The molecular formula is C10H19N3O2S. The Kier molecular flexibility index (Phi) is 4.49. The smallest absolute Gasteiger partial charge is 0.227 e. The van der Waals surface area contributed by atoms with Gasteiger partial charge in [-0.3, -0.25) is 0 Å². The van der Waals surface area contributed by atoms with E-state index in [2.05, 4.69) is 23.7 Å². The van der Waals surface area contributed by atoms with Gasteiger partial charge in [0.15, 0.2) is 0 Å². The zero-order valence-electron chi connectivity index (χ0n) is 10.0. The summed E-state index contributed by atoms with van der Waals surface area (Å²) in [7, 11) is -3.22. The Bertz CT molecular complexity index is 421. The van der Waals surface area contributed by atoms with Gasteiger partial charge in [-0.25, -0.2) is 13.4 Å². The Labute approximate surface area is 97.0 Å². The highest BCUT2D eigenvalue weighted by atomic mass is 32.2. The summed E-state index contributed by atoms with van der Waals surface area (Å²) in [6.45, 7) is 7.62. The molecule has 0 N–H and O–H groups in total. The van der Waals surface area contributed by atoms with Gasteiger partial charge >= 0.3 is 0 Å². The maximum absolute atomic E-state index is 11.4. The van der Waals surface area contributed by atoms with Gasteiger partial charge in [0, 0.05) is 31.7 Å². The summed E-state index contributed by atoms with van der Waals surface area (Å²) in [5.41, 5.74) is 0. The highest BCUT2D eigenvalue weighted by Gasteiger charge is 2.14. The normalized spacial score (nSPS) is 12.2. The van der Waals surface area contributed by atoms with Crippen LogP contribution in [0, 0.1) is 0 Å². The van der Waals surface area contributed by atoms with E-state index >= 15 is 0 Å². The minimum absolute atomic E-state index is 0.152. The topological polar surface area (TPSA) is 55.2 Å². The van der Waals surface area contributed by atoms with E-state index in [-0.39, 0.29) is 5.16 Å². The van der Waals surface area contributed by atoms with E-state index in [0.29, 0.717) is 6.54 Å². The summed E-state index contributed by atoms with van der Waals surface area (Å²) < 4.78 is 24.5. The number of nitrogens with zero attached hydrogens (tertiary/aromatic N) is 3. The summed E-state index contributed by atoms with van der Waals surface area (Å²) in [6, 6.07) is 0. The predicted molar refractivity (Wildman–Crippen MR) is 63.1 cm³/mol. The molecule has 0 fully saturated rings. The molecule has 0 radical (unpaired) electrons. The minimum atomic E-state index is -3.22. The fourth-order valence-electron chi connectivity index (χ4n) is 1.58. The molecule has 1 aromatic heterocycles. The van der Waals surface area contributed by atoms with E-state index in [1.807, 2.05) is 0 Å². The summed E-state index contributed by atoms with van der Waals surface area (Å²) in [4.78, 5) is 6.12. The van der Waals surface area contributed by atoms with Crippen molar-refractivity contribution < 1.29 is 8.42 Å². The SMILES string of the molecule is CCN(CC)CCn1ccnc1S(C)(=O)=O. The molecule has 0 aliphatic rings. The molecule has 6 heteroatoms. The summed E-state index contributed by atoms with van der Waals surface area (Å²) >= 11 is 0. The van der Waals surface area contributed by atoms with Crippen LogP contribution in [0.4, 0.5) is 0 Å². The van der Waals surface area contributed by atoms with Crippen LogP contribution in [0.3, 0.4) is 0 Å². The average Bonchev–Trinajstić information content (AvgIpc) is 2.67. The number of hydrogen-bond donors (Lipinski definition) is 0. The predicted octanol–water partition coefficient (Wildman–Crippen LogP) is 0.628. The zero-order valence-corrected chi connectivity index (χ0v) is 10.9. The second-order valence-corrected chi connectivity index (χ2v) is 5.61. The van der Waals surface area contributed by atoms with Crippen molar-refractivity contribution in [2.75, 3.05) is 25.9 Å². The molecule has 5 nitrogen and oxygen atoms in total. The van der Waals surface area contributed by atoms with Crippen molar-refractivity contribution in [2.24, 2.45) is 0 Å². The van der Waals surface area contributed by atoms with E-state index in [1.54, 1.807) is 10.8 Å². The number of rotatable bonds is 6. The van der Waals surface area contributed by atoms with Crippen LogP contribution in [0.2, 0.25) is 0 Å². The lowest BCUT2D eigenvalue weighted by atomic mass is 10.4. The lowest BCUT2D eigenvalue weighted by Gasteiger charge is -2.18. The average molecular weight is 245 g/mol. The molecule has 0 unspecified atom stereocenters. The summed E-state index contributed by atoms with van der Waals surface area (Å²) in [5.74, 6) is 0. The van der Waals surface area contributed by atoms with Crippen molar-refractivity contribution in [2.45, 2.75) is 25.5 Å². The molecule has 1 rings (SSSR count).